The van der Waals surface area contributed by atoms with Gasteiger partial charge in [-0.2, -0.15) is 0 Å². The Labute approximate surface area is 126 Å². The average molecular weight is 332 g/mol. The Morgan fingerprint density at radius 3 is 2.24 bits per heavy atom. The highest BCUT2D eigenvalue weighted by atomic mass is 32.2. The van der Waals surface area contributed by atoms with Gasteiger partial charge in [-0.1, -0.05) is 0 Å². The molecule has 0 aliphatic carbocycles. The fourth-order valence-corrected chi connectivity index (χ4v) is 3.90. The topological polar surface area (TPSA) is 83.6 Å². The zero-order chi connectivity index (χ0) is 15.7. The van der Waals surface area contributed by atoms with Crippen LogP contribution in [0, 0.1) is 5.92 Å². The van der Waals surface area contributed by atoms with E-state index < -0.39 is 19.9 Å². The van der Waals surface area contributed by atoms with Crippen LogP contribution in [0.3, 0.4) is 0 Å². The van der Waals surface area contributed by atoms with Gasteiger partial charge in [-0.15, -0.1) is 0 Å². The van der Waals surface area contributed by atoms with Gasteiger partial charge in [-0.3, -0.25) is 0 Å². The molecule has 1 unspecified atom stereocenters. The van der Waals surface area contributed by atoms with Crippen molar-refractivity contribution in [3.63, 3.8) is 0 Å². The van der Waals surface area contributed by atoms with Gasteiger partial charge in [0.25, 0.3) is 0 Å². The SMILES string of the molecule is CS(=O)(=O)c1ccc(NCC2CCN(S(C)(=O)=O)C2)cc1. The average Bonchev–Trinajstić information content (AvgIpc) is 2.84. The smallest absolute Gasteiger partial charge is 0.211 e. The third-order valence-corrected chi connectivity index (χ3v) is 5.99. The summed E-state index contributed by atoms with van der Waals surface area (Å²) in [5.41, 5.74) is 0.834. The van der Waals surface area contributed by atoms with Gasteiger partial charge in [-0.25, -0.2) is 21.1 Å². The van der Waals surface area contributed by atoms with Gasteiger partial charge >= 0.3 is 0 Å². The van der Waals surface area contributed by atoms with Crippen LogP contribution >= 0.6 is 0 Å². The Hall–Kier alpha value is -1.12. The molecule has 6 nitrogen and oxygen atoms in total. The van der Waals surface area contributed by atoms with E-state index in [2.05, 4.69) is 5.32 Å². The van der Waals surface area contributed by atoms with Crippen molar-refractivity contribution < 1.29 is 16.8 Å². The van der Waals surface area contributed by atoms with Crippen molar-refractivity contribution in [2.24, 2.45) is 5.92 Å². The van der Waals surface area contributed by atoms with E-state index in [9.17, 15) is 16.8 Å². The molecular weight excluding hydrogens is 312 g/mol. The first-order chi connectivity index (χ1) is 9.66. The number of benzene rings is 1. The molecule has 1 saturated heterocycles. The second-order valence-electron chi connectivity index (χ2n) is 5.45. The maximum Gasteiger partial charge on any atom is 0.211 e. The van der Waals surface area contributed by atoms with Gasteiger partial charge in [0, 0.05) is 31.6 Å². The number of hydrogen-bond donors (Lipinski definition) is 1. The van der Waals surface area contributed by atoms with Crippen molar-refractivity contribution in [1.82, 2.24) is 4.31 Å². The minimum absolute atomic E-state index is 0.273. The molecule has 1 aromatic rings. The quantitative estimate of drug-likeness (QED) is 0.861. The number of sulfone groups is 1. The van der Waals surface area contributed by atoms with E-state index in [-0.39, 0.29) is 10.8 Å². The molecule has 0 saturated carbocycles. The number of sulfonamides is 1. The van der Waals surface area contributed by atoms with E-state index in [1.54, 1.807) is 24.3 Å². The van der Waals surface area contributed by atoms with E-state index in [0.717, 1.165) is 12.1 Å². The standard InChI is InChI=1S/C13H20N2O4S2/c1-20(16,17)13-5-3-12(4-6-13)14-9-11-7-8-15(10-11)21(2,18)19/h3-6,11,14H,7-10H2,1-2H3. The summed E-state index contributed by atoms with van der Waals surface area (Å²) in [6, 6.07) is 6.57. The molecule has 0 bridgehead atoms. The summed E-state index contributed by atoms with van der Waals surface area (Å²) in [6.45, 7) is 1.77. The maximum absolute atomic E-state index is 11.4. The summed E-state index contributed by atoms with van der Waals surface area (Å²) >= 11 is 0. The lowest BCUT2D eigenvalue weighted by molar-refractivity contribution is 0.466. The zero-order valence-electron chi connectivity index (χ0n) is 12.1. The van der Waals surface area contributed by atoms with E-state index in [4.69, 9.17) is 0 Å². The first kappa shape index (κ1) is 16.3. The Bertz CT molecular complexity index is 696. The monoisotopic (exact) mass is 332 g/mol. The number of nitrogens with zero attached hydrogens (tertiary/aromatic N) is 1. The fourth-order valence-electron chi connectivity index (χ4n) is 2.35. The van der Waals surface area contributed by atoms with Crippen molar-refractivity contribution in [3.8, 4) is 0 Å². The van der Waals surface area contributed by atoms with E-state index >= 15 is 0 Å². The summed E-state index contributed by atoms with van der Waals surface area (Å²) in [7, 11) is -6.28. The third kappa shape index (κ3) is 4.42. The second kappa shape index (κ2) is 5.94. The Morgan fingerprint density at radius 2 is 1.76 bits per heavy atom. The first-order valence-electron chi connectivity index (χ1n) is 6.65. The fraction of sp³-hybridized carbons (Fsp3) is 0.538. The molecule has 1 aromatic carbocycles. The minimum atomic E-state index is -3.17. The molecule has 1 heterocycles. The molecular formula is C13H20N2O4S2. The largest absolute Gasteiger partial charge is 0.385 e. The van der Waals surface area contributed by atoms with Gasteiger partial charge in [-0.05, 0) is 36.6 Å². The van der Waals surface area contributed by atoms with E-state index in [1.165, 1.54) is 16.8 Å². The van der Waals surface area contributed by atoms with Crippen LogP contribution in [0.4, 0.5) is 5.69 Å². The van der Waals surface area contributed by atoms with Crippen molar-refractivity contribution in [2.75, 3.05) is 37.5 Å². The molecule has 1 aliphatic heterocycles. The first-order valence-corrected chi connectivity index (χ1v) is 10.4. The Balaban J connectivity index is 1.90. The van der Waals surface area contributed by atoms with Crippen molar-refractivity contribution >= 4 is 25.5 Å². The zero-order valence-corrected chi connectivity index (χ0v) is 13.7. The summed E-state index contributed by atoms with van der Waals surface area (Å²) in [6.07, 6.45) is 3.24. The molecule has 0 amide bonds. The van der Waals surface area contributed by atoms with E-state index in [0.29, 0.717) is 19.6 Å². The molecule has 1 N–H and O–H groups in total. The second-order valence-corrected chi connectivity index (χ2v) is 9.45. The lowest BCUT2D eigenvalue weighted by atomic mass is 10.1. The molecule has 1 fully saturated rings. The van der Waals surface area contributed by atoms with Crippen molar-refractivity contribution in [2.45, 2.75) is 11.3 Å². The lowest BCUT2D eigenvalue weighted by Crippen LogP contribution is -2.28. The summed E-state index contributed by atoms with van der Waals surface area (Å²) < 4.78 is 47.1. The number of nitrogens with one attached hydrogen (secondary N) is 1. The molecule has 0 spiro atoms. The van der Waals surface area contributed by atoms with Crippen LogP contribution in [0.5, 0.6) is 0 Å². The summed E-state index contributed by atoms with van der Waals surface area (Å²) in [5, 5.41) is 3.22. The van der Waals surface area contributed by atoms with Gasteiger partial charge in [0.15, 0.2) is 9.84 Å². The van der Waals surface area contributed by atoms with Crippen LogP contribution in [0.25, 0.3) is 0 Å². The maximum atomic E-state index is 11.4. The third-order valence-electron chi connectivity index (χ3n) is 3.59. The summed E-state index contributed by atoms with van der Waals surface area (Å²) in [5.74, 6) is 0.273. The molecule has 8 heteroatoms. The van der Waals surface area contributed by atoms with Crippen LogP contribution in [0.15, 0.2) is 29.2 Å². The van der Waals surface area contributed by atoms with Crippen LogP contribution in [-0.2, 0) is 19.9 Å². The molecule has 2 rings (SSSR count). The van der Waals surface area contributed by atoms with Crippen LogP contribution < -0.4 is 5.32 Å². The number of hydrogen-bond acceptors (Lipinski definition) is 5. The van der Waals surface area contributed by atoms with E-state index in [1.807, 2.05) is 0 Å². The molecule has 21 heavy (non-hydrogen) atoms. The van der Waals surface area contributed by atoms with Crippen molar-refractivity contribution in [3.05, 3.63) is 24.3 Å². The van der Waals surface area contributed by atoms with Gasteiger partial charge in [0.2, 0.25) is 10.0 Å². The molecule has 1 aliphatic rings. The van der Waals surface area contributed by atoms with Gasteiger partial charge in [0.1, 0.15) is 0 Å². The predicted octanol–water partition coefficient (Wildman–Crippen LogP) is 0.783. The molecule has 0 radical (unpaired) electrons. The highest BCUT2D eigenvalue weighted by Gasteiger charge is 2.28. The molecule has 118 valence electrons. The minimum Gasteiger partial charge on any atom is -0.385 e. The van der Waals surface area contributed by atoms with Crippen LogP contribution in [0.2, 0.25) is 0 Å². The highest BCUT2D eigenvalue weighted by molar-refractivity contribution is 7.90. The Morgan fingerprint density at radius 1 is 1.14 bits per heavy atom. The lowest BCUT2D eigenvalue weighted by Gasteiger charge is -2.14. The number of anilines is 1. The normalized spacial score (nSPS) is 20.6. The van der Waals surface area contributed by atoms with Crippen LogP contribution in [-0.4, -0.2) is 53.3 Å². The van der Waals surface area contributed by atoms with Crippen molar-refractivity contribution in [1.29, 1.82) is 0 Å². The van der Waals surface area contributed by atoms with Gasteiger partial charge < -0.3 is 5.32 Å². The number of rotatable bonds is 5. The predicted molar refractivity (Wildman–Crippen MR) is 82.6 cm³/mol. The van der Waals surface area contributed by atoms with Crippen LogP contribution in [0.1, 0.15) is 6.42 Å². The molecule has 0 aromatic heterocycles. The Kier molecular flexibility index (Phi) is 4.60. The highest BCUT2D eigenvalue weighted by Crippen LogP contribution is 2.20. The molecule has 1 atom stereocenters. The summed E-state index contributed by atoms with van der Waals surface area (Å²) in [4.78, 5) is 0.289. The van der Waals surface area contributed by atoms with Gasteiger partial charge in [0.05, 0.1) is 11.2 Å².